The lowest BCUT2D eigenvalue weighted by atomic mass is 10.1. The van der Waals surface area contributed by atoms with Crippen LogP contribution in [0.1, 0.15) is 17.5 Å². The van der Waals surface area contributed by atoms with Gasteiger partial charge in [-0.1, -0.05) is 30.3 Å². The number of rotatable bonds is 6. The Morgan fingerprint density at radius 3 is 2.69 bits per heavy atom. The van der Waals surface area contributed by atoms with Gasteiger partial charge >= 0.3 is 0 Å². The number of halogens is 1. The molecule has 2 aromatic rings. The first-order chi connectivity index (χ1) is 12.6. The maximum absolute atomic E-state index is 12.9. The Bertz CT molecular complexity index is 792. The van der Waals surface area contributed by atoms with E-state index in [0.29, 0.717) is 19.6 Å². The highest BCUT2D eigenvalue weighted by atomic mass is 19.1. The highest BCUT2D eigenvalue weighted by Gasteiger charge is 2.34. The molecule has 0 radical (unpaired) electrons. The van der Waals surface area contributed by atoms with Gasteiger partial charge in [0.25, 0.3) is 0 Å². The van der Waals surface area contributed by atoms with Crippen molar-refractivity contribution in [3.05, 3.63) is 65.5 Å². The van der Waals surface area contributed by atoms with Gasteiger partial charge in [0.2, 0.25) is 11.8 Å². The highest BCUT2D eigenvalue weighted by Crippen LogP contribution is 2.24. The minimum atomic E-state index is -0.377. The molecular formula is C20H21FN2O3. The standard InChI is InChI=1S/C20H21FN2O3/c1-26-18-5-3-2-4-15(18)12-23-13-16(10-19(23)24)20(25)22-11-14-6-8-17(21)9-7-14/h2-9,16H,10-13H2,1H3,(H,22,25)/t16-/m1/s1. The SMILES string of the molecule is COc1ccccc1CN1C[C@H](C(=O)NCc2ccc(F)cc2)CC1=O. The predicted molar refractivity (Wildman–Crippen MR) is 94.8 cm³/mol. The first-order valence-corrected chi connectivity index (χ1v) is 8.48. The molecule has 5 nitrogen and oxygen atoms in total. The Kier molecular flexibility index (Phi) is 5.51. The van der Waals surface area contributed by atoms with Gasteiger partial charge in [0.15, 0.2) is 0 Å². The lowest BCUT2D eigenvalue weighted by Crippen LogP contribution is -2.32. The number of carbonyl (C=O) groups excluding carboxylic acids is 2. The average molecular weight is 356 g/mol. The maximum atomic E-state index is 12.9. The zero-order valence-corrected chi connectivity index (χ0v) is 14.6. The summed E-state index contributed by atoms with van der Waals surface area (Å²) in [7, 11) is 1.59. The molecule has 136 valence electrons. The Labute approximate surface area is 151 Å². The van der Waals surface area contributed by atoms with Crippen molar-refractivity contribution in [1.82, 2.24) is 10.2 Å². The summed E-state index contributed by atoms with van der Waals surface area (Å²) in [4.78, 5) is 26.3. The van der Waals surface area contributed by atoms with Gasteiger partial charge in [-0.2, -0.15) is 0 Å². The summed E-state index contributed by atoms with van der Waals surface area (Å²) in [5.41, 5.74) is 1.73. The number of carbonyl (C=O) groups is 2. The molecule has 0 spiro atoms. The van der Waals surface area contributed by atoms with E-state index in [4.69, 9.17) is 4.74 Å². The van der Waals surface area contributed by atoms with Crippen molar-refractivity contribution in [2.75, 3.05) is 13.7 Å². The summed E-state index contributed by atoms with van der Waals surface area (Å²) >= 11 is 0. The Morgan fingerprint density at radius 1 is 1.23 bits per heavy atom. The smallest absolute Gasteiger partial charge is 0.225 e. The number of nitrogens with zero attached hydrogens (tertiary/aromatic N) is 1. The fourth-order valence-corrected chi connectivity index (χ4v) is 3.08. The largest absolute Gasteiger partial charge is 0.496 e. The van der Waals surface area contributed by atoms with Crippen LogP contribution in [0, 0.1) is 11.7 Å². The normalized spacial score (nSPS) is 16.6. The van der Waals surface area contributed by atoms with Crippen molar-refractivity contribution in [2.24, 2.45) is 5.92 Å². The molecule has 0 aliphatic carbocycles. The number of ether oxygens (including phenoxy) is 1. The number of para-hydroxylation sites is 1. The van der Waals surface area contributed by atoms with Crippen molar-refractivity contribution in [2.45, 2.75) is 19.5 Å². The predicted octanol–water partition coefficient (Wildman–Crippen LogP) is 2.50. The summed E-state index contributed by atoms with van der Waals surface area (Å²) in [6.45, 7) is 1.12. The van der Waals surface area contributed by atoms with Gasteiger partial charge in [0.05, 0.1) is 13.0 Å². The van der Waals surface area contributed by atoms with E-state index in [-0.39, 0.29) is 30.0 Å². The van der Waals surface area contributed by atoms with Crippen LogP contribution in [0.25, 0.3) is 0 Å². The second-order valence-corrected chi connectivity index (χ2v) is 6.33. The third-order valence-electron chi connectivity index (χ3n) is 4.52. The molecule has 2 aromatic carbocycles. The van der Waals surface area contributed by atoms with E-state index in [9.17, 15) is 14.0 Å². The third-order valence-corrected chi connectivity index (χ3v) is 4.52. The summed E-state index contributed by atoms with van der Waals surface area (Å²) < 4.78 is 18.2. The number of amides is 2. The molecule has 1 aliphatic rings. The lowest BCUT2D eigenvalue weighted by Gasteiger charge is -2.18. The molecule has 3 rings (SSSR count). The van der Waals surface area contributed by atoms with Crippen LogP contribution in [0.5, 0.6) is 5.75 Å². The van der Waals surface area contributed by atoms with Gasteiger partial charge in [-0.15, -0.1) is 0 Å². The molecule has 1 atom stereocenters. The van der Waals surface area contributed by atoms with Gasteiger partial charge in [0, 0.05) is 31.6 Å². The van der Waals surface area contributed by atoms with Crippen LogP contribution in [-0.2, 0) is 22.7 Å². The van der Waals surface area contributed by atoms with E-state index in [1.54, 1.807) is 24.1 Å². The van der Waals surface area contributed by atoms with E-state index >= 15 is 0 Å². The summed E-state index contributed by atoms with van der Waals surface area (Å²) in [6, 6.07) is 13.5. The number of methoxy groups -OCH3 is 1. The fraction of sp³-hybridized carbons (Fsp3) is 0.300. The van der Waals surface area contributed by atoms with Crippen molar-refractivity contribution >= 4 is 11.8 Å². The average Bonchev–Trinajstić information content (AvgIpc) is 3.02. The number of nitrogens with one attached hydrogen (secondary N) is 1. The molecule has 0 unspecified atom stereocenters. The molecular weight excluding hydrogens is 335 g/mol. The molecule has 1 fully saturated rings. The number of benzene rings is 2. The van der Waals surface area contributed by atoms with Gasteiger partial charge in [-0.05, 0) is 23.8 Å². The third kappa shape index (κ3) is 4.20. The first kappa shape index (κ1) is 17.9. The molecule has 0 aromatic heterocycles. The summed E-state index contributed by atoms with van der Waals surface area (Å²) in [5, 5.41) is 2.82. The molecule has 1 N–H and O–H groups in total. The fourth-order valence-electron chi connectivity index (χ4n) is 3.08. The molecule has 6 heteroatoms. The van der Waals surface area contributed by atoms with Crippen LogP contribution in [0.2, 0.25) is 0 Å². The minimum absolute atomic E-state index is 0.0437. The van der Waals surface area contributed by atoms with Gasteiger partial charge in [-0.3, -0.25) is 9.59 Å². The lowest BCUT2D eigenvalue weighted by molar-refractivity contribution is -0.129. The van der Waals surface area contributed by atoms with Crippen LogP contribution in [0.4, 0.5) is 4.39 Å². The van der Waals surface area contributed by atoms with E-state index in [1.807, 2.05) is 24.3 Å². The van der Waals surface area contributed by atoms with E-state index in [1.165, 1.54) is 12.1 Å². The van der Waals surface area contributed by atoms with Gasteiger partial charge in [0.1, 0.15) is 11.6 Å². The Morgan fingerprint density at radius 2 is 1.96 bits per heavy atom. The number of hydrogen-bond donors (Lipinski definition) is 1. The van der Waals surface area contributed by atoms with Crippen molar-refractivity contribution in [1.29, 1.82) is 0 Å². The molecule has 1 aliphatic heterocycles. The topological polar surface area (TPSA) is 58.6 Å². The molecule has 1 heterocycles. The van der Waals surface area contributed by atoms with E-state index in [2.05, 4.69) is 5.32 Å². The van der Waals surface area contributed by atoms with Crippen LogP contribution in [-0.4, -0.2) is 30.4 Å². The van der Waals surface area contributed by atoms with E-state index < -0.39 is 0 Å². The highest BCUT2D eigenvalue weighted by molar-refractivity contribution is 5.89. The number of likely N-dealkylation sites (tertiary alicyclic amines) is 1. The molecule has 2 amide bonds. The van der Waals surface area contributed by atoms with Crippen LogP contribution in [0.15, 0.2) is 48.5 Å². The first-order valence-electron chi connectivity index (χ1n) is 8.48. The van der Waals surface area contributed by atoms with Crippen molar-refractivity contribution in [3.8, 4) is 5.75 Å². The quantitative estimate of drug-likeness (QED) is 0.865. The monoisotopic (exact) mass is 356 g/mol. The van der Waals surface area contributed by atoms with Crippen LogP contribution >= 0.6 is 0 Å². The van der Waals surface area contributed by atoms with Crippen molar-refractivity contribution in [3.63, 3.8) is 0 Å². The number of hydrogen-bond acceptors (Lipinski definition) is 3. The van der Waals surface area contributed by atoms with Gasteiger partial charge in [-0.25, -0.2) is 4.39 Å². The summed E-state index contributed by atoms with van der Waals surface area (Å²) in [5.74, 6) is -0.168. The van der Waals surface area contributed by atoms with Crippen LogP contribution in [0.3, 0.4) is 0 Å². The minimum Gasteiger partial charge on any atom is -0.496 e. The maximum Gasteiger partial charge on any atom is 0.225 e. The van der Waals surface area contributed by atoms with E-state index in [0.717, 1.165) is 16.9 Å². The van der Waals surface area contributed by atoms with Crippen LogP contribution < -0.4 is 10.1 Å². The second-order valence-electron chi connectivity index (χ2n) is 6.33. The zero-order valence-electron chi connectivity index (χ0n) is 14.6. The molecule has 1 saturated heterocycles. The molecule has 0 saturated carbocycles. The van der Waals surface area contributed by atoms with Crippen molar-refractivity contribution < 1.29 is 18.7 Å². The zero-order chi connectivity index (χ0) is 18.5. The molecule has 26 heavy (non-hydrogen) atoms. The molecule has 0 bridgehead atoms. The second kappa shape index (κ2) is 7.99. The van der Waals surface area contributed by atoms with Gasteiger partial charge < -0.3 is 15.0 Å². The Hall–Kier alpha value is -2.89. The Balaban J connectivity index is 1.56. The summed E-state index contributed by atoms with van der Waals surface area (Å²) in [6.07, 6.45) is 0.199.